The lowest BCUT2D eigenvalue weighted by atomic mass is 10.2. The average Bonchev–Trinajstić information content (AvgIpc) is 2.28. The molecule has 0 aliphatic carbocycles. The van der Waals surface area contributed by atoms with Crippen molar-refractivity contribution in [1.29, 1.82) is 5.26 Å². The molecule has 1 N–H and O–H groups in total. The highest BCUT2D eigenvalue weighted by atomic mass is 35.5. The second-order valence-corrected chi connectivity index (χ2v) is 4.02. The van der Waals surface area contributed by atoms with Crippen LogP contribution < -0.4 is 5.32 Å². The highest BCUT2D eigenvalue weighted by Gasteiger charge is 2.12. The number of pyridine rings is 1. The van der Waals surface area contributed by atoms with E-state index < -0.39 is 0 Å². The normalized spacial score (nSPS) is 11.6. The van der Waals surface area contributed by atoms with Crippen molar-refractivity contribution in [3.8, 4) is 6.07 Å². The lowest BCUT2D eigenvalue weighted by Gasteiger charge is -2.07. The third-order valence-electron chi connectivity index (χ3n) is 1.86. The van der Waals surface area contributed by atoms with Gasteiger partial charge in [-0.3, -0.25) is 4.79 Å². The molecule has 0 spiro atoms. The molecule has 0 fully saturated rings. The number of nitriles is 1. The van der Waals surface area contributed by atoms with Gasteiger partial charge in [0.25, 0.3) is 5.91 Å². The van der Waals surface area contributed by atoms with Gasteiger partial charge in [-0.25, -0.2) is 4.98 Å². The molecule has 1 amide bonds. The summed E-state index contributed by atoms with van der Waals surface area (Å²) in [5.74, 6) is -0.614. The first-order valence-electron chi connectivity index (χ1n) is 4.53. The smallest absolute Gasteiger partial charge is 0.253 e. The summed E-state index contributed by atoms with van der Waals surface area (Å²) in [4.78, 5) is 15.4. The Balaban J connectivity index is 2.74. The standard InChI is InChI=1S/C10H9Cl2N3O/c1-6(3-13)4-15-10(16)7-2-9(12)14-5-8(7)11/h2,5-6H,4H2,1H3,(H,15,16). The van der Waals surface area contributed by atoms with Crippen LogP contribution in [0.3, 0.4) is 0 Å². The molecule has 1 unspecified atom stereocenters. The average molecular weight is 258 g/mol. The predicted octanol–water partition coefficient (Wildman–Crippen LogP) is 2.28. The minimum Gasteiger partial charge on any atom is -0.351 e. The van der Waals surface area contributed by atoms with Crippen LogP contribution in [0.1, 0.15) is 17.3 Å². The minimum absolute atomic E-state index is 0.197. The fourth-order valence-electron chi connectivity index (χ4n) is 0.974. The number of nitrogens with zero attached hydrogens (tertiary/aromatic N) is 2. The van der Waals surface area contributed by atoms with E-state index in [1.165, 1.54) is 12.3 Å². The molecule has 6 heteroatoms. The van der Waals surface area contributed by atoms with Gasteiger partial charge in [0.2, 0.25) is 0 Å². The molecule has 0 radical (unpaired) electrons. The number of aromatic nitrogens is 1. The summed E-state index contributed by atoms with van der Waals surface area (Å²) < 4.78 is 0. The summed E-state index contributed by atoms with van der Waals surface area (Å²) in [5.41, 5.74) is 0.256. The molecule has 16 heavy (non-hydrogen) atoms. The van der Waals surface area contributed by atoms with E-state index >= 15 is 0 Å². The Kier molecular flexibility index (Phi) is 4.53. The third kappa shape index (κ3) is 3.37. The van der Waals surface area contributed by atoms with Crippen molar-refractivity contribution in [2.75, 3.05) is 6.54 Å². The molecule has 0 bridgehead atoms. The Bertz CT molecular complexity index is 442. The van der Waals surface area contributed by atoms with Crippen LogP contribution in [0, 0.1) is 17.2 Å². The van der Waals surface area contributed by atoms with Crippen molar-refractivity contribution in [2.45, 2.75) is 6.92 Å². The molecular formula is C10H9Cl2N3O. The van der Waals surface area contributed by atoms with Gasteiger partial charge in [-0.1, -0.05) is 23.2 Å². The van der Waals surface area contributed by atoms with E-state index in [0.29, 0.717) is 0 Å². The summed E-state index contributed by atoms with van der Waals surface area (Å²) in [6.07, 6.45) is 1.31. The number of hydrogen-bond donors (Lipinski definition) is 1. The van der Waals surface area contributed by atoms with Crippen molar-refractivity contribution in [1.82, 2.24) is 10.3 Å². The molecule has 1 rings (SSSR count). The van der Waals surface area contributed by atoms with Gasteiger partial charge in [0.15, 0.2) is 0 Å². The lowest BCUT2D eigenvalue weighted by Crippen LogP contribution is -2.28. The van der Waals surface area contributed by atoms with E-state index in [9.17, 15) is 4.79 Å². The van der Waals surface area contributed by atoms with Crippen LogP contribution in [0.15, 0.2) is 12.3 Å². The van der Waals surface area contributed by atoms with Gasteiger partial charge in [0.1, 0.15) is 5.15 Å². The zero-order valence-electron chi connectivity index (χ0n) is 8.50. The van der Waals surface area contributed by atoms with Gasteiger partial charge in [-0.05, 0) is 13.0 Å². The van der Waals surface area contributed by atoms with Gasteiger partial charge in [0.05, 0.1) is 22.6 Å². The van der Waals surface area contributed by atoms with Crippen molar-refractivity contribution < 1.29 is 4.79 Å². The molecular weight excluding hydrogens is 249 g/mol. The fraction of sp³-hybridized carbons (Fsp3) is 0.300. The van der Waals surface area contributed by atoms with Gasteiger partial charge in [-0.15, -0.1) is 0 Å². The molecule has 1 aromatic rings. The highest BCUT2D eigenvalue weighted by molar-refractivity contribution is 6.35. The zero-order valence-corrected chi connectivity index (χ0v) is 10.0. The lowest BCUT2D eigenvalue weighted by molar-refractivity contribution is 0.0951. The quantitative estimate of drug-likeness (QED) is 0.846. The summed E-state index contributed by atoms with van der Waals surface area (Å²) in [5, 5.41) is 11.6. The summed E-state index contributed by atoms with van der Waals surface area (Å²) in [6.45, 7) is 1.98. The molecule has 1 aromatic heterocycles. The minimum atomic E-state index is -0.364. The monoisotopic (exact) mass is 257 g/mol. The van der Waals surface area contributed by atoms with Crippen LogP contribution >= 0.6 is 23.2 Å². The van der Waals surface area contributed by atoms with Crippen LogP contribution in [0.25, 0.3) is 0 Å². The maximum absolute atomic E-state index is 11.6. The van der Waals surface area contributed by atoms with Crippen LogP contribution in [0.4, 0.5) is 0 Å². The second-order valence-electron chi connectivity index (χ2n) is 3.23. The predicted molar refractivity (Wildman–Crippen MR) is 61.4 cm³/mol. The van der Waals surface area contributed by atoms with E-state index in [0.717, 1.165) is 0 Å². The Labute approximate surface area is 103 Å². The molecule has 84 valence electrons. The number of carbonyl (C=O) groups is 1. The molecule has 0 saturated heterocycles. The fourth-order valence-corrected chi connectivity index (χ4v) is 1.32. The van der Waals surface area contributed by atoms with Gasteiger partial charge in [0, 0.05) is 12.7 Å². The largest absolute Gasteiger partial charge is 0.351 e. The summed E-state index contributed by atoms with van der Waals surface area (Å²) in [7, 11) is 0. The number of carbonyl (C=O) groups excluding carboxylic acids is 1. The number of nitrogens with one attached hydrogen (secondary N) is 1. The van der Waals surface area contributed by atoms with Crippen molar-refractivity contribution in [3.05, 3.63) is 28.0 Å². The molecule has 0 aromatic carbocycles. The third-order valence-corrected chi connectivity index (χ3v) is 2.36. The van der Waals surface area contributed by atoms with E-state index in [2.05, 4.69) is 10.3 Å². The van der Waals surface area contributed by atoms with E-state index in [1.807, 2.05) is 6.07 Å². The summed E-state index contributed by atoms with van der Waals surface area (Å²) >= 11 is 11.4. The van der Waals surface area contributed by atoms with Crippen molar-refractivity contribution in [2.24, 2.45) is 5.92 Å². The molecule has 1 heterocycles. The second kappa shape index (κ2) is 5.69. The highest BCUT2D eigenvalue weighted by Crippen LogP contribution is 2.17. The Morgan fingerprint density at radius 2 is 2.38 bits per heavy atom. The van der Waals surface area contributed by atoms with E-state index in [4.69, 9.17) is 28.5 Å². The first-order valence-corrected chi connectivity index (χ1v) is 5.29. The topological polar surface area (TPSA) is 65.8 Å². The van der Waals surface area contributed by atoms with Crippen LogP contribution in [0.5, 0.6) is 0 Å². The molecule has 0 aliphatic heterocycles. The maximum Gasteiger partial charge on any atom is 0.253 e. The van der Waals surface area contributed by atoms with E-state index in [-0.39, 0.29) is 34.1 Å². The Morgan fingerprint density at radius 1 is 1.69 bits per heavy atom. The first kappa shape index (κ1) is 12.8. The summed E-state index contributed by atoms with van der Waals surface area (Å²) in [6, 6.07) is 3.40. The van der Waals surface area contributed by atoms with Crippen LogP contribution in [-0.4, -0.2) is 17.4 Å². The SMILES string of the molecule is CC(C#N)CNC(=O)c1cc(Cl)ncc1Cl. The molecule has 4 nitrogen and oxygen atoms in total. The van der Waals surface area contributed by atoms with Crippen LogP contribution in [0.2, 0.25) is 10.2 Å². The van der Waals surface area contributed by atoms with Crippen molar-refractivity contribution in [3.63, 3.8) is 0 Å². The number of rotatable bonds is 3. The van der Waals surface area contributed by atoms with Crippen molar-refractivity contribution >= 4 is 29.1 Å². The Hall–Kier alpha value is -1.31. The number of halogens is 2. The molecule has 0 aliphatic rings. The van der Waals surface area contributed by atoms with Gasteiger partial charge >= 0.3 is 0 Å². The Morgan fingerprint density at radius 3 is 3.00 bits per heavy atom. The zero-order chi connectivity index (χ0) is 12.1. The van der Waals surface area contributed by atoms with Gasteiger partial charge < -0.3 is 5.32 Å². The van der Waals surface area contributed by atoms with E-state index in [1.54, 1.807) is 6.92 Å². The first-order chi connectivity index (χ1) is 7.54. The number of hydrogen-bond acceptors (Lipinski definition) is 3. The molecule has 1 atom stereocenters. The maximum atomic E-state index is 11.6. The van der Waals surface area contributed by atoms with Gasteiger partial charge in [-0.2, -0.15) is 5.26 Å². The van der Waals surface area contributed by atoms with Crippen LogP contribution in [-0.2, 0) is 0 Å². The number of amides is 1. The molecule has 0 saturated carbocycles.